The highest BCUT2D eigenvalue weighted by molar-refractivity contribution is 5.16. The molecule has 4 aliphatic rings. The summed E-state index contributed by atoms with van der Waals surface area (Å²) in [6.07, 6.45) is 17.0. The number of hydrogen-bond acceptors (Lipinski definition) is 0. The Morgan fingerprint density at radius 3 is 2.17 bits per heavy atom. The molecule has 1 aromatic carbocycles. The summed E-state index contributed by atoms with van der Waals surface area (Å²) in [6.45, 7) is 0. The van der Waals surface area contributed by atoms with Crippen LogP contribution in [0.1, 0.15) is 69.8 Å². The van der Waals surface area contributed by atoms with E-state index in [2.05, 4.69) is 30.3 Å². The molecule has 4 saturated carbocycles. The lowest BCUT2D eigenvalue weighted by Gasteiger charge is -2.52. The highest BCUT2D eigenvalue weighted by Gasteiger charge is 2.50. The molecule has 24 heavy (non-hydrogen) atoms. The van der Waals surface area contributed by atoms with E-state index in [9.17, 15) is 0 Å². The van der Waals surface area contributed by atoms with E-state index in [4.69, 9.17) is 0 Å². The van der Waals surface area contributed by atoms with Crippen LogP contribution >= 0.6 is 0 Å². The molecule has 0 heterocycles. The van der Waals surface area contributed by atoms with Gasteiger partial charge in [0.25, 0.3) is 0 Å². The van der Waals surface area contributed by atoms with Crippen LogP contribution in [0.3, 0.4) is 0 Å². The van der Waals surface area contributed by atoms with Crippen LogP contribution in [0, 0.1) is 41.4 Å². The monoisotopic (exact) mass is 322 g/mol. The molecule has 0 amide bonds. The van der Waals surface area contributed by atoms with Crippen molar-refractivity contribution in [3.05, 3.63) is 35.9 Å². The maximum Gasteiger partial charge on any atom is -0.0248 e. The summed E-state index contributed by atoms with van der Waals surface area (Å²) in [5, 5.41) is 0. The fraction of sp³-hybridized carbons (Fsp3) is 0.750. The molecule has 0 N–H and O–H groups in total. The molecule has 5 rings (SSSR count). The van der Waals surface area contributed by atoms with E-state index >= 15 is 0 Å². The van der Waals surface area contributed by atoms with Crippen molar-refractivity contribution in [2.24, 2.45) is 41.4 Å². The van der Waals surface area contributed by atoms with Crippen LogP contribution in [0.2, 0.25) is 0 Å². The van der Waals surface area contributed by atoms with Crippen LogP contribution < -0.4 is 0 Å². The first kappa shape index (κ1) is 15.5. The zero-order valence-corrected chi connectivity index (χ0v) is 15.2. The Kier molecular flexibility index (Phi) is 4.19. The number of benzene rings is 1. The number of hydrogen-bond donors (Lipinski definition) is 0. The third-order valence-corrected chi connectivity index (χ3v) is 8.69. The summed E-state index contributed by atoms with van der Waals surface area (Å²) in [7, 11) is 0. The third kappa shape index (κ3) is 2.65. The van der Waals surface area contributed by atoms with Gasteiger partial charge in [-0.25, -0.2) is 0 Å². The van der Waals surface area contributed by atoms with Crippen molar-refractivity contribution in [3.8, 4) is 0 Å². The van der Waals surface area contributed by atoms with Crippen molar-refractivity contribution < 1.29 is 0 Å². The molecule has 0 aromatic heterocycles. The second kappa shape index (κ2) is 6.50. The molecule has 4 aliphatic carbocycles. The molecule has 130 valence electrons. The van der Waals surface area contributed by atoms with Gasteiger partial charge in [0.2, 0.25) is 0 Å². The van der Waals surface area contributed by atoms with E-state index in [1.54, 1.807) is 50.5 Å². The highest BCUT2D eigenvalue weighted by Crippen LogP contribution is 2.59. The Morgan fingerprint density at radius 2 is 1.25 bits per heavy atom. The Morgan fingerprint density at radius 1 is 0.583 bits per heavy atom. The minimum atomic E-state index is 0.988. The van der Waals surface area contributed by atoms with Crippen molar-refractivity contribution in [1.82, 2.24) is 0 Å². The van der Waals surface area contributed by atoms with Crippen LogP contribution in [0.25, 0.3) is 0 Å². The second-order valence-electron chi connectivity index (χ2n) is 9.55. The predicted molar refractivity (Wildman–Crippen MR) is 101 cm³/mol. The lowest BCUT2D eigenvalue weighted by Crippen LogP contribution is -2.44. The molecule has 0 heteroatoms. The van der Waals surface area contributed by atoms with Gasteiger partial charge >= 0.3 is 0 Å². The summed E-state index contributed by atoms with van der Waals surface area (Å²) in [5.74, 6) is 7.64. The van der Waals surface area contributed by atoms with Gasteiger partial charge in [0.05, 0.1) is 0 Å². The quantitative estimate of drug-likeness (QED) is 0.583. The van der Waals surface area contributed by atoms with Crippen LogP contribution in [0.15, 0.2) is 30.3 Å². The lowest BCUT2D eigenvalue weighted by atomic mass is 9.53. The summed E-state index contributed by atoms with van der Waals surface area (Å²) in [4.78, 5) is 0. The first-order valence-corrected chi connectivity index (χ1v) is 10.9. The van der Waals surface area contributed by atoms with Gasteiger partial charge in [-0.3, -0.25) is 0 Å². The molecule has 7 unspecified atom stereocenters. The van der Waals surface area contributed by atoms with Gasteiger partial charge in [-0.1, -0.05) is 49.6 Å². The zero-order chi connectivity index (χ0) is 15.9. The smallest absolute Gasteiger partial charge is 0.0248 e. The normalized spacial score (nSPS) is 44.4. The Bertz CT molecular complexity index is 546. The van der Waals surface area contributed by atoms with E-state index in [-0.39, 0.29) is 0 Å². The van der Waals surface area contributed by atoms with Crippen molar-refractivity contribution in [3.63, 3.8) is 0 Å². The lowest BCUT2D eigenvalue weighted by molar-refractivity contribution is -0.0244. The van der Waals surface area contributed by atoms with Crippen molar-refractivity contribution in [2.75, 3.05) is 0 Å². The molecular weight excluding hydrogens is 288 g/mol. The Labute approximate surface area is 148 Å². The fourth-order valence-electron chi connectivity index (χ4n) is 7.78. The van der Waals surface area contributed by atoms with Gasteiger partial charge in [-0.2, -0.15) is 0 Å². The standard InChI is InChI=1S/C24H34/c1-2-6-17(7-3-1)16-19-11-13-22-21(19)14-15-23-20-9-5-4-8-18(20)10-12-24(22)23/h1-3,6-7,18-24H,4-5,8-16H2. The van der Waals surface area contributed by atoms with Gasteiger partial charge in [0.1, 0.15) is 0 Å². The summed E-state index contributed by atoms with van der Waals surface area (Å²) >= 11 is 0. The van der Waals surface area contributed by atoms with Crippen molar-refractivity contribution in [1.29, 1.82) is 0 Å². The molecule has 0 spiro atoms. The summed E-state index contributed by atoms with van der Waals surface area (Å²) in [6, 6.07) is 11.3. The van der Waals surface area contributed by atoms with Gasteiger partial charge in [-0.05, 0) is 98.4 Å². The van der Waals surface area contributed by atoms with Crippen LogP contribution in [-0.2, 0) is 6.42 Å². The second-order valence-corrected chi connectivity index (χ2v) is 9.55. The average Bonchev–Trinajstić information content (AvgIpc) is 3.05. The van der Waals surface area contributed by atoms with Gasteiger partial charge in [0, 0.05) is 0 Å². The average molecular weight is 323 g/mol. The molecular formula is C24H34. The molecule has 0 aliphatic heterocycles. The van der Waals surface area contributed by atoms with E-state index < -0.39 is 0 Å². The summed E-state index contributed by atoms with van der Waals surface area (Å²) < 4.78 is 0. The predicted octanol–water partition coefficient (Wildman–Crippen LogP) is 6.50. The maximum absolute atomic E-state index is 2.35. The van der Waals surface area contributed by atoms with Crippen molar-refractivity contribution >= 4 is 0 Å². The first-order chi connectivity index (χ1) is 11.9. The molecule has 0 nitrogen and oxygen atoms in total. The van der Waals surface area contributed by atoms with Crippen LogP contribution in [0.4, 0.5) is 0 Å². The largest absolute Gasteiger partial charge is 0.0622 e. The Balaban J connectivity index is 1.30. The van der Waals surface area contributed by atoms with Gasteiger partial charge in [-0.15, -0.1) is 0 Å². The third-order valence-electron chi connectivity index (χ3n) is 8.69. The van der Waals surface area contributed by atoms with Gasteiger partial charge in [0.15, 0.2) is 0 Å². The van der Waals surface area contributed by atoms with E-state index in [0.29, 0.717) is 0 Å². The molecule has 4 fully saturated rings. The topological polar surface area (TPSA) is 0 Å². The molecule has 0 bridgehead atoms. The SMILES string of the molecule is c1ccc(CC2CCC3C2CCC2C4CCCCC4CCC23)cc1. The maximum atomic E-state index is 2.35. The van der Waals surface area contributed by atoms with Crippen LogP contribution in [-0.4, -0.2) is 0 Å². The van der Waals surface area contributed by atoms with Crippen LogP contribution in [0.5, 0.6) is 0 Å². The fourth-order valence-corrected chi connectivity index (χ4v) is 7.78. The number of fused-ring (bicyclic) bond motifs is 5. The molecule has 1 aromatic rings. The first-order valence-electron chi connectivity index (χ1n) is 10.9. The molecule has 0 saturated heterocycles. The highest BCUT2D eigenvalue weighted by atomic mass is 14.6. The summed E-state index contributed by atoms with van der Waals surface area (Å²) in [5.41, 5.74) is 1.58. The van der Waals surface area contributed by atoms with Crippen molar-refractivity contribution in [2.45, 2.75) is 70.6 Å². The molecule has 0 radical (unpaired) electrons. The minimum Gasteiger partial charge on any atom is -0.0622 e. The van der Waals surface area contributed by atoms with Gasteiger partial charge < -0.3 is 0 Å². The number of rotatable bonds is 2. The zero-order valence-electron chi connectivity index (χ0n) is 15.2. The van der Waals surface area contributed by atoms with E-state index in [1.807, 2.05) is 0 Å². The van der Waals surface area contributed by atoms with E-state index in [0.717, 1.165) is 41.4 Å². The van der Waals surface area contributed by atoms with E-state index in [1.165, 1.54) is 25.7 Å². The minimum absolute atomic E-state index is 0.988. The Hall–Kier alpha value is -0.780. The molecule has 7 atom stereocenters.